The quantitative estimate of drug-likeness (QED) is 0.438. The van der Waals surface area contributed by atoms with Gasteiger partial charge in [0.25, 0.3) is 5.91 Å². The Kier molecular flexibility index (Phi) is 4.78. The van der Waals surface area contributed by atoms with Crippen LogP contribution in [0.5, 0.6) is 0 Å². The molecule has 0 fully saturated rings. The number of halogens is 1. The molecule has 0 aliphatic heterocycles. The summed E-state index contributed by atoms with van der Waals surface area (Å²) in [5.74, 6) is -0.289. The molecule has 1 amide bonds. The van der Waals surface area contributed by atoms with E-state index in [1.165, 1.54) is 6.20 Å². The van der Waals surface area contributed by atoms with Crippen LogP contribution in [0, 0.1) is 0 Å². The number of anilines is 1. The minimum absolute atomic E-state index is 0.289. The monoisotopic (exact) mass is 434 g/mol. The van der Waals surface area contributed by atoms with E-state index in [1.807, 2.05) is 47.8 Å². The summed E-state index contributed by atoms with van der Waals surface area (Å²) in [5, 5.41) is 14.2. The van der Waals surface area contributed by atoms with Crippen LogP contribution in [0.2, 0.25) is 5.02 Å². The Labute approximate surface area is 180 Å². The van der Waals surface area contributed by atoms with Crippen LogP contribution in [0.3, 0.4) is 0 Å². The molecule has 9 heteroatoms. The number of amides is 1. The first-order chi connectivity index (χ1) is 14.7. The molecule has 4 aromatic heterocycles. The molecule has 0 bridgehead atoms. The fourth-order valence-electron chi connectivity index (χ4n) is 3.20. The third-order valence-electron chi connectivity index (χ3n) is 4.54. The number of carbonyl (C=O) groups excluding carboxylic acids is 1. The number of thiophene rings is 1. The number of nitrogens with one attached hydrogen (secondary N) is 1. The van der Waals surface area contributed by atoms with Gasteiger partial charge in [-0.25, -0.2) is 9.50 Å². The van der Waals surface area contributed by atoms with Crippen molar-refractivity contribution in [1.82, 2.24) is 24.4 Å². The molecule has 4 heterocycles. The molecule has 7 nitrogen and oxygen atoms in total. The molecule has 0 saturated carbocycles. The Morgan fingerprint density at radius 2 is 2.07 bits per heavy atom. The molecule has 0 radical (unpaired) electrons. The van der Waals surface area contributed by atoms with Crippen molar-refractivity contribution in [2.45, 2.75) is 6.54 Å². The average Bonchev–Trinajstić information content (AvgIpc) is 3.49. The Morgan fingerprint density at radius 1 is 1.13 bits per heavy atom. The topological polar surface area (TPSA) is 77.1 Å². The van der Waals surface area contributed by atoms with Crippen LogP contribution in [0.15, 0.2) is 72.6 Å². The highest BCUT2D eigenvalue weighted by Crippen LogP contribution is 2.25. The van der Waals surface area contributed by atoms with Crippen molar-refractivity contribution >= 4 is 40.2 Å². The van der Waals surface area contributed by atoms with Gasteiger partial charge < -0.3 is 5.32 Å². The normalized spacial score (nSPS) is 11.1. The van der Waals surface area contributed by atoms with E-state index >= 15 is 0 Å². The van der Waals surface area contributed by atoms with Gasteiger partial charge in [0.15, 0.2) is 5.65 Å². The van der Waals surface area contributed by atoms with Gasteiger partial charge in [0, 0.05) is 17.4 Å². The maximum atomic E-state index is 12.8. The highest BCUT2D eigenvalue weighted by atomic mass is 35.5. The lowest BCUT2D eigenvalue weighted by atomic mass is 10.2. The van der Waals surface area contributed by atoms with Gasteiger partial charge >= 0.3 is 0 Å². The second-order valence-corrected chi connectivity index (χ2v) is 8.00. The fourth-order valence-corrected chi connectivity index (χ4v) is 4.15. The average molecular weight is 435 g/mol. The van der Waals surface area contributed by atoms with E-state index in [2.05, 4.69) is 20.5 Å². The maximum absolute atomic E-state index is 12.8. The van der Waals surface area contributed by atoms with Crippen LogP contribution in [0.25, 0.3) is 16.2 Å². The van der Waals surface area contributed by atoms with Gasteiger partial charge in [-0.15, -0.1) is 11.3 Å². The van der Waals surface area contributed by atoms with Gasteiger partial charge in [0.1, 0.15) is 5.56 Å². The fraction of sp³-hybridized carbons (Fsp3) is 0.0476. The number of benzene rings is 1. The summed E-state index contributed by atoms with van der Waals surface area (Å²) >= 11 is 7.64. The lowest BCUT2D eigenvalue weighted by Gasteiger charge is -2.03. The van der Waals surface area contributed by atoms with E-state index in [9.17, 15) is 4.79 Å². The summed E-state index contributed by atoms with van der Waals surface area (Å²) in [7, 11) is 0. The Bertz CT molecular complexity index is 1340. The Morgan fingerprint density at radius 3 is 2.90 bits per heavy atom. The summed E-state index contributed by atoms with van der Waals surface area (Å²) in [4.78, 5) is 18.3. The van der Waals surface area contributed by atoms with Crippen LogP contribution in [0.1, 0.15) is 15.9 Å². The number of hydrogen-bond donors (Lipinski definition) is 1. The molecule has 0 atom stereocenters. The minimum atomic E-state index is -0.289. The second-order valence-electron chi connectivity index (χ2n) is 6.61. The van der Waals surface area contributed by atoms with E-state index in [0.29, 0.717) is 28.5 Å². The number of fused-ring (bicyclic) bond motifs is 1. The predicted molar refractivity (Wildman–Crippen MR) is 117 cm³/mol. The highest BCUT2D eigenvalue weighted by Gasteiger charge is 2.17. The van der Waals surface area contributed by atoms with Gasteiger partial charge in [-0.05, 0) is 35.2 Å². The molecule has 0 saturated heterocycles. The molecule has 30 heavy (non-hydrogen) atoms. The summed E-state index contributed by atoms with van der Waals surface area (Å²) in [5.41, 5.74) is 3.41. The third-order valence-corrected chi connectivity index (χ3v) is 5.67. The molecule has 5 rings (SSSR count). The Balaban J connectivity index is 1.37. The summed E-state index contributed by atoms with van der Waals surface area (Å²) < 4.78 is 3.42. The van der Waals surface area contributed by atoms with Crippen molar-refractivity contribution in [3.63, 3.8) is 0 Å². The van der Waals surface area contributed by atoms with Gasteiger partial charge in [-0.2, -0.15) is 10.2 Å². The Hall–Kier alpha value is -3.49. The highest BCUT2D eigenvalue weighted by molar-refractivity contribution is 7.13. The van der Waals surface area contributed by atoms with Crippen molar-refractivity contribution in [2.24, 2.45) is 0 Å². The molecule has 5 aromatic rings. The molecule has 1 N–H and O–H groups in total. The molecule has 0 unspecified atom stereocenters. The number of hydrogen-bond acceptors (Lipinski definition) is 5. The number of nitrogens with zero attached hydrogens (tertiary/aromatic N) is 5. The van der Waals surface area contributed by atoms with Crippen molar-refractivity contribution in [3.8, 4) is 10.6 Å². The molecule has 148 valence electrons. The van der Waals surface area contributed by atoms with Crippen LogP contribution >= 0.6 is 22.9 Å². The van der Waals surface area contributed by atoms with E-state index in [1.54, 1.807) is 39.1 Å². The second kappa shape index (κ2) is 7.74. The van der Waals surface area contributed by atoms with Gasteiger partial charge in [0.05, 0.1) is 35.2 Å². The number of aromatic nitrogens is 5. The molecular weight excluding hydrogens is 420 g/mol. The van der Waals surface area contributed by atoms with Crippen LogP contribution in [0.4, 0.5) is 5.69 Å². The van der Waals surface area contributed by atoms with Crippen molar-refractivity contribution < 1.29 is 4.79 Å². The first-order valence-electron chi connectivity index (χ1n) is 9.12. The molecule has 1 aromatic carbocycles. The molecule has 0 spiro atoms. The smallest absolute Gasteiger partial charge is 0.261 e. The van der Waals surface area contributed by atoms with Crippen LogP contribution in [-0.2, 0) is 6.54 Å². The zero-order valence-electron chi connectivity index (χ0n) is 15.6. The standard InChI is InChI=1S/C21H15ClN6OS/c22-15-4-1-3-14(9-15)12-27-13-16(10-24-27)26-21(29)17-11-25-28-18(6-7-23-20(17)28)19-5-2-8-30-19/h1-11,13H,12H2,(H,26,29). The van der Waals surface area contributed by atoms with E-state index in [-0.39, 0.29) is 5.91 Å². The summed E-state index contributed by atoms with van der Waals surface area (Å²) in [6.07, 6.45) is 6.60. The third kappa shape index (κ3) is 3.58. The van der Waals surface area contributed by atoms with Crippen molar-refractivity contribution in [1.29, 1.82) is 0 Å². The van der Waals surface area contributed by atoms with E-state index in [0.717, 1.165) is 16.1 Å². The summed E-state index contributed by atoms with van der Waals surface area (Å²) in [6, 6.07) is 13.5. The van der Waals surface area contributed by atoms with E-state index in [4.69, 9.17) is 11.6 Å². The number of rotatable bonds is 5. The van der Waals surface area contributed by atoms with Crippen molar-refractivity contribution in [3.05, 3.63) is 88.8 Å². The van der Waals surface area contributed by atoms with Gasteiger partial charge in [-0.1, -0.05) is 29.8 Å². The lowest BCUT2D eigenvalue weighted by Crippen LogP contribution is -2.11. The van der Waals surface area contributed by atoms with Gasteiger partial charge in [0.2, 0.25) is 0 Å². The minimum Gasteiger partial charge on any atom is -0.319 e. The lowest BCUT2D eigenvalue weighted by molar-refractivity contribution is 0.102. The zero-order chi connectivity index (χ0) is 20.5. The zero-order valence-corrected chi connectivity index (χ0v) is 17.1. The molecule has 0 aliphatic rings. The predicted octanol–water partition coefficient (Wildman–Crippen LogP) is 4.61. The van der Waals surface area contributed by atoms with Crippen LogP contribution in [-0.4, -0.2) is 30.3 Å². The SMILES string of the molecule is O=C(Nc1cnn(Cc2cccc(Cl)c2)c1)c1cnn2c(-c3cccs3)ccnc12. The first kappa shape index (κ1) is 18.5. The number of carbonyl (C=O) groups is 1. The first-order valence-corrected chi connectivity index (χ1v) is 10.4. The molecular formula is C21H15ClN6OS. The van der Waals surface area contributed by atoms with Gasteiger partial charge in [-0.3, -0.25) is 9.48 Å². The largest absolute Gasteiger partial charge is 0.319 e. The van der Waals surface area contributed by atoms with Crippen LogP contribution < -0.4 is 5.32 Å². The van der Waals surface area contributed by atoms with E-state index < -0.39 is 0 Å². The van der Waals surface area contributed by atoms with Crippen molar-refractivity contribution in [2.75, 3.05) is 5.32 Å². The maximum Gasteiger partial charge on any atom is 0.261 e. The molecule has 0 aliphatic carbocycles. The summed E-state index contributed by atoms with van der Waals surface area (Å²) in [6.45, 7) is 0.554.